The standard InChI is InChI=1S/C16H19NO2/c1-17-10-15-7-8-16(19-15)11-18-14-6-5-12-3-2-4-13(12)9-14/h5-9,17H,2-4,10-11H2,1H3. The smallest absolute Gasteiger partial charge is 0.146 e. The zero-order valence-electron chi connectivity index (χ0n) is 11.2. The van der Waals surface area contributed by atoms with Crippen molar-refractivity contribution in [1.29, 1.82) is 0 Å². The number of hydrogen-bond acceptors (Lipinski definition) is 3. The second kappa shape index (κ2) is 5.49. The van der Waals surface area contributed by atoms with E-state index in [0.29, 0.717) is 6.61 Å². The number of rotatable bonds is 5. The molecule has 100 valence electrons. The highest BCUT2D eigenvalue weighted by molar-refractivity contribution is 5.38. The van der Waals surface area contributed by atoms with Gasteiger partial charge in [-0.1, -0.05) is 6.07 Å². The van der Waals surface area contributed by atoms with Crippen molar-refractivity contribution in [2.45, 2.75) is 32.4 Å². The Morgan fingerprint density at radius 2 is 1.95 bits per heavy atom. The highest BCUT2D eigenvalue weighted by Gasteiger charge is 2.11. The first-order valence-corrected chi connectivity index (χ1v) is 6.82. The number of hydrogen-bond donors (Lipinski definition) is 1. The lowest BCUT2D eigenvalue weighted by atomic mass is 10.1. The first-order valence-electron chi connectivity index (χ1n) is 6.82. The first kappa shape index (κ1) is 12.3. The average molecular weight is 257 g/mol. The molecule has 3 nitrogen and oxygen atoms in total. The third kappa shape index (κ3) is 2.82. The maximum Gasteiger partial charge on any atom is 0.146 e. The predicted molar refractivity (Wildman–Crippen MR) is 74.3 cm³/mol. The van der Waals surface area contributed by atoms with Crippen LogP contribution in [0.1, 0.15) is 29.1 Å². The molecule has 0 unspecified atom stereocenters. The van der Waals surface area contributed by atoms with Crippen LogP contribution in [0.5, 0.6) is 5.75 Å². The largest absolute Gasteiger partial charge is 0.486 e. The van der Waals surface area contributed by atoms with Crippen LogP contribution in [-0.4, -0.2) is 7.05 Å². The van der Waals surface area contributed by atoms with Gasteiger partial charge in [0.1, 0.15) is 23.9 Å². The van der Waals surface area contributed by atoms with Gasteiger partial charge in [0.15, 0.2) is 0 Å². The van der Waals surface area contributed by atoms with Crippen LogP contribution in [0.15, 0.2) is 34.7 Å². The summed E-state index contributed by atoms with van der Waals surface area (Å²) in [6, 6.07) is 10.4. The molecule has 3 rings (SSSR count). The van der Waals surface area contributed by atoms with E-state index in [0.717, 1.165) is 23.8 Å². The summed E-state index contributed by atoms with van der Waals surface area (Å²) in [4.78, 5) is 0. The van der Waals surface area contributed by atoms with Crippen molar-refractivity contribution < 1.29 is 9.15 Å². The zero-order valence-corrected chi connectivity index (χ0v) is 11.2. The Morgan fingerprint density at radius 3 is 2.84 bits per heavy atom. The summed E-state index contributed by atoms with van der Waals surface area (Å²) in [5.74, 6) is 2.74. The quantitative estimate of drug-likeness (QED) is 0.894. The molecule has 3 heteroatoms. The van der Waals surface area contributed by atoms with Crippen molar-refractivity contribution in [2.24, 2.45) is 0 Å². The molecule has 1 aromatic carbocycles. The van der Waals surface area contributed by atoms with Crippen molar-refractivity contribution in [2.75, 3.05) is 7.05 Å². The summed E-state index contributed by atoms with van der Waals surface area (Å²) in [5.41, 5.74) is 2.91. The van der Waals surface area contributed by atoms with E-state index in [9.17, 15) is 0 Å². The number of nitrogens with one attached hydrogen (secondary N) is 1. The number of benzene rings is 1. The Bertz CT molecular complexity index is 560. The maximum atomic E-state index is 5.79. The molecule has 19 heavy (non-hydrogen) atoms. The summed E-state index contributed by atoms with van der Waals surface area (Å²) in [6.45, 7) is 1.24. The van der Waals surface area contributed by atoms with Crippen molar-refractivity contribution in [3.63, 3.8) is 0 Å². The molecule has 0 amide bonds. The van der Waals surface area contributed by atoms with Crippen molar-refractivity contribution in [3.05, 3.63) is 53.0 Å². The van der Waals surface area contributed by atoms with Gasteiger partial charge in [-0.05, 0) is 61.7 Å². The second-order valence-corrected chi connectivity index (χ2v) is 4.97. The van der Waals surface area contributed by atoms with Gasteiger partial charge in [-0.2, -0.15) is 0 Å². The molecule has 0 aliphatic heterocycles. The van der Waals surface area contributed by atoms with Crippen LogP contribution in [0.2, 0.25) is 0 Å². The lowest BCUT2D eigenvalue weighted by Gasteiger charge is -2.06. The maximum absolute atomic E-state index is 5.79. The van der Waals surface area contributed by atoms with E-state index in [-0.39, 0.29) is 0 Å². The molecular weight excluding hydrogens is 238 g/mol. The van der Waals surface area contributed by atoms with Gasteiger partial charge in [-0.3, -0.25) is 0 Å². The summed E-state index contributed by atoms with van der Waals surface area (Å²) >= 11 is 0. The van der Waals surface area contributed by atoms with E-state index >= 15 is 0 Å². The van der Waals surface area contributed by atoms with E-state index in [1.54, 1.807) is 0 Å². The molecule has 0 bridgehead atoms. The molecule has 0 fully saturated rings. The van der Waals surface area contributed by atoms with Gasteiger partial charge in [-0.15, -0.1) is 0 Å². The highest BCUT2D eigenvalue weighted by atomic mass is 16.5. The van der Waals surface area contributed by atoms with E-state index in [2.05, 4.69) is 23.5 Å². The molecule has 1 N–H and O–H groups in total. The number of aryl methyl sites for hydroxylation is 2. The Hall–Kier alpha value is -1.74. The molecule has 1 heterocycles. The van der Waals surface area contributed by atoms with E-state index in [1.807, 2.05) is 19.2 Å². The van der Waals surface area contributed by atoms with Gasteiger partial charge in [0.25, 0.3) is 0 Å². The third-order valence-electron chi connectivity index (χ3n) is 3.52. The highest BCUT2D eigenvalue weighted by Crippen LogP contribution is 2.26. The van der Waals surface area contributed by atoms with Gasteiger partial charge in [0, 0.05) is 0 Å². The molecule has 0 saturated carbocycles. The Balaban J connectivity index is 1.62. The van der Waals surface area contributed by atoms with Crippen LogP contribution in [0.4, 0.5) is 0 Å². The molecule has 0 spiro atoms. The lowest BCUT2D eigenvalue weighted by Crippen LogP contribution is -2.03. The van der Waals surface area contributed by atoms with Gasteiger partial charge in [0.2, 0.25) is 0 Å². The monoisotopic (exact) mass is 257 g/mol. The summed E-state index contributed by atoms with van der Waals surface area (Å²) < 4.78 is 11.4. The fourth-order valence-electron chi connectivity index (χ4n) is 2.56. The zero-order chi connectivity index (χ0) is 13.1. The minimum atomic E-state index is 0.489. The third-order valence-corrected chi connectivity index (χ3v) is 3.52. The van der Waals surface area contributed by atoms with Crippen LogP contribution < -0.4 is 10.1 Å². The molecule has 0 saturated heterocycles. The normalized spacial score (nSPS) is 13.5. The molecule has 1 aliphatic carbocycles. The predicted octanol–water partition coefficient (Wildman–Crippen LogP) is 3.07. The number of ether oxygens (including phenoxy) is 1. The fraction of sp³-hybridized carbons (Fsp3) is 0.375. The van der Waals surface area contributed by atoms with Crippen LogP contribution in [-0.2, 0) is 26.0 Å². The van der Waals surface area contributed by atoms with E-state index < -0.39 is 0 Å². The molecule has 0 radical (unpaired) electrons. The minimum Gasteiger partial charge on any atom is -0.486 e. The molecular formula is C16H19NO2. The summed E-state index contributed by atoms with van der Waals surface area (Å²) in [6.07, 6.45) is 3.66. The van der Waals surface area contributed by atoms with E-state index in [4.69, 9.17) is 9.15 Å². The molecule has 2 aromatic rings. The van der Waals surface area contributed by atoms with Crippen molar-refractivity contribution >= 4 is 0 Å². The number of fused-ring (bicyclic) bond motifs is 1. The van der Waals surface area contributed by atoms with Crippen LogP contribution >= 0.6 is 0 Å². The van der Waals surface area contributed by atoms with Crippen molar-refractivity contribution in [3.8, 4) is 5.75 Å². The van der Waals surface area contributed by atoms with E-state index in [1.165, 1.54) is 30.4 Å². The summed E-state index contributed by atoms with van der Waals surface area (Å²) in [5, 5.41) is 3.06. The first-order chi connectivity index (χ1) is 9.35. The van der Waals surface area contributed by atoms with Gasteiger partial charge < -0.3 is 14.5 Å². The van der Waals surface area contributed by atoms with Gasteiger partial charge in [-0.25, -0.2) is 0 Å². The molecule has 1 aliphatic rings. The molecule has 1 aromatic heterocycles. The second-order valence-electron chi connectivity index (χ2n) is 4.97. The lowest BCUT2D eigenvalue weighted by molar-refractivity contribution is 0.265. The van der Waals surface area contributed by atoms with Gasteiger partial charge in [0.05, 0.1) is 6.54 Å². The van der Waals surface area contributed by atoms with Crippen LogP contribution in [0, 0.1) is 0 Å². The topological polar surface area (TPSA) is 34.4 Å². The molecule has 0 atom stereocenters. The minimum absolute atomic E-state index is 0.489. The van der Waals surface area contributed by atoms with Crippen molar-refractivity contribution in [1.82, 2.24) is 5.32 Å². The average Bonchev–Trinajstić information content (AvgIpc) is 3.04. The Labute approximate surface area is 113 Å². The Kier molecular flexibility index (Phi) is 3.56. The summed E-state index contributed by atoms with van der Waals surface area (Å²) in [7, 11) is 1.91. The Morgan fingerprint density at radius 1 is 1.11 bits per heavy atom. The fourth-order valence-corrected chi connectivity index (χ4v) is 2.56. The van der Waals surface area contributed by atoms with Crippen LogP contribution in [0.3, 0.4) is 0 Å². The SMILES string of the molecule is CNCc1ccc(COc2ccc3c(c2)CCC3)o1. The number of furan rings is 1. The van der Waals surface area contributed by atoms with Gasteiger partial charge >= 0.3 is 0 Å². The van der Waals surface area contributed by atoms with Crippen LogP contribution in [0.25, 0.3) is 0 Å².